The van der Waals surface area contributed by atoms with Crippen LogP contribution in [0.1, 0.15) is 24.1 Å². The average Bonchev–Trinajstić information content (AvgIpc) is 2.47. The Morgan fingerprint density at radius 2 is 2.00 bits per heavy atom. The summed E-state index contributed by atoms with van der Waals surface area (Å²) >= 11 is 12.0. The van der Waals surface area contributed by atoms with E-state index in [1.54, 1.807) is 18.2 Å². The lowest BCUT2D eigenvalue weighted by Gasteiger charge is -2.17. The van der Waals surface area contributed by atoms with Gasteiger partial charge in [0.25, 0.3) is 5.69 Å². The molecule has 7 heteroatoms. The Morgan fingerprint density at radius 1 is 1.27 bits per heavy atom. The summed E-state index contributed by atoms with van der Waals surface area (Å²) in [5.74, 6) is 0. The SMILES string of the molecule is CC(Nc1ccc(C#N)cc1[N+](=O)[O-])c1ccc(Cl)cc1Cl. The van der Waals surface area contributed by atoms with Gasteiger partial charge in [0, 0.05) is 16.1 Å². The number of hydrogen-bond donors (Lipinski definition) is 1. The molecule has 0 aliphatic carbocycles. The molecule has 22 heavy (non-hydrogen) atoms. The summed E-state index contributed by atoms with van der Waals surface area (Å²) in [5, 5.41) is 24.0. The molecule has 1 atom stereocenters. The zero-order chi connectivity index (χ0) is 16.3. The quantitative estimate of drug-likeness (QED) is 0.633. The second-order valence-corrected chi connectivity index (χ2v) is 5.48. The molecule has 2 rings (SSSR count). The van der Waals surface area contributed by atoms with Gasteiger partial charge < -0.3 is 5.32 Å². The Hall–Kier alpha value is -2.29. The van der Waals surface area contributed by atoms with Crippen molar-refractivity contribution in [1.82, 2.24) is 0 Å². The first-order valence-corrected chi connectivity index (χ1v) is 7.08. The van der Waals surface area contributed by atoms with E-state index in [1.807, 2.05) is 13.0 Å². The Balaban J connectivity index is 2.34. The molecule has 0 aliphatic heterocycles. The summed E-state index contributed by atoms with van der Waals surface area (Å²) < 4.78 is 0. The average molecular weight is 336 g/mol. The van der Waals surface area contributed by atoms with Gasteiger partial charge >= 0.3 is 0 Å². The number of halogens is 2. The molecule has 0 amide bonds. The molecule has 0 saturated heterocycles. The Morgan fingerprint density at radius 3 is 2.59 bits per heavy atom. The first kappa shape index (κ1) is 16.1. The number of nitrogens with one attached hydrogen (secondary N) is 1. The minimum atomic E-state index is -0.528. The van der Waals surface area contributed by atoms with Crippen molar-refractivity contribution in [3.8, 4) is 6.07 Å². The molecule has 0 heterocycles. The minimum Gasteiger partial charge on any atom is -0.373 e. The van der Waals surface area contributed by atoms with Gasteiger partial charge in [0.05, 0.1) is 22.6 Å². The van der Waals surface area contributed by atoms with Gasteiger partial charge in [-0.3, -0.25) is 10.1 Å². The van der Waals surface area contributed by atoms with Crippen LogP contribution in [0.2, 0.25) is 10.0 Å². The maximum absolute atomic E-state index is 11.1. The molecule has 2 aromatic rings. The van der Waals surface area contributed by atoms with Crippen LogP contribution in [0, 0.1) is 21.4 Å². The lowest BCUT2D eigenvalue weighted by molar-refractivity contribution is -0.384. The molecule has 5 nitrogen and oxygen atoms in total. The molecule has 112 valence electrons. The zero-order valence-electron chi connectivity index (χ0n) is 11.5. The van der Waals surface area contributed by atoms with E-state index in [-0.39, 0.29) is 17.3 Å². The van der Waals surface area contributed by atoms with Gasteiger partial charge in [-0.1, -0.05) is 29.3 Å². The topological polar surface area (TPSA) is 79.0 Å². The summed E-state index contributed by atoms with van der Waals surface area (Å²) in [4.78, 5) is 10.6. The number of nitriles is 1. The lowest BCUT2D eigenvalue weighted by Crippen LogP contribution is -2.09. The molecule has 1 N–H and O–H groups in total. The Bertz CT molecular complexity index is 772. The summed E-state index contributed by atoms with van der Waals surface area (Å²) in [5.41, 5.74) is 1.16. The van der Waals surface area contributed by atoms with Gasteiger partial charge in [-0.2, -0.15) is 5.26 Å². The number of anilines is 1. The van der Waals surface area contributed by atoms with Crippen LogP contribution in [0.3, 0.4) is 0 Å². The zero-order valence-corrected chi connectivity index (χ0v) is 13.0. The van der Waals surface area contributed by atoms with Gasteiger partial charge in [0.1, 0.15) is 5.69 Å². The summed E-state index contributed by atoms with van der Waals surface area (Å²) in [7, 11) is 0. The molecule has 0 fully saturated rings. The van der Waals surface area contributed by atoms with E-state index in [1.165, 1.54) is 18.2 Å². The fourth-order valence-electron chi connectivity index (χ4n) is 2.04. The van der Waals surface area contributed by atoms with E-state index in [0.29, 0.717) is 15.7 Å². The predicted molar refractivity (Wildman–Crippen MR) is 86.3 cm³/mol. The predicted octanol–water partition coefficient (Wildman–Crippen LogP) is 4.95. The highest BCUT2D eigenvalue weighted by molar-refractivity contribution is 6.35. The third kappa shape index (κ3) is 3.48. The summed E-state index contributed by atoms with van der Waals surface area (Å²) in [6.07, 6.45) is 0. The first-order chi connectivity index (χ1) is 10.4. The largest absolute Gasteiger partial charge is 0.373 e. The molecular weight excluding hydrogens is 325 g/mol. The molecule has 0 aromatic heterocycles. The van der Waals surface area contributed by atoms with Gasteiger partial charge in [-0.25, -0.2) is 0 Å². The number of hydrogen-bond acceptors (Lipinski definition) is 4. The second kappa shape index (κ2) is 6.65. The number of nitro groups is 1. The summed E-state index contributed by atoms with van der Waals surface area (Å²) in [6, 6.07) is 11.0. The fraction of sp³-hybridized carbons (Fsp3) is 0.133. The van der Waals surface area contributed by atoms with Gasteiger partial charge in [0.2, 0.25) is 0 Å². The molecule has 0 spiro atoms. The van der Waals surface area contributed by atoms with Crippen LogP contribution in [0.15, 0.2) is 36.4 Å². The second-order valence-electron chi connectivity index (χ2n) is 4.63. The van der Waals surface area contributed by atoms with Crippen LogP contribution in [0.4, 0.5) is 11.4 Å². The number of nitro benzene ring substituents is 1. The number of benzene rings is 2. The maximum atomic E-state index is 11.1. The van der Waals surface area contributed by atoms with Gasteiger partial charge in [0.15, 0.2) is 0 Å². The lowest BCUT2D eigenvalue weighted by atomic mass is 10.1. The van der Waals surface area contributed by atoms with Gasteiger partial charge in [-0.05, 0) is 36.8 Å². The Labute approximate surface area is 137 Å². The van der Waals surface area contributed by atoms with E-state index in [4.69, 9.17) is 28.5 Å². The van der Waals surface area contributed by atoms with E-state index < -0.39 is 4.92 Å². The van der Waals surface area contributed by atoms with E-state index in [9.17, 15) is 10.1 Å². The third-order valence-corrected chi connectivity index (χ3v) is 3.69. The van der Waals surface area contributed by atoms with Crippen LogP contribution in [-0.2, 0) is 0 Å². The molecule has 0 saturated carbocycles. The molecule has 1 unspecified atom stereocenters. The van der Waals surface area contributed by atoms with Crippen molar-refractivity contribution in [2.75, 3.05) is 5.32 Å². The smallest absolute Gasteiger partial charge is 0.293 e. The minimum absolute atomic E-state index is 0.156. The van der Waals surface area contributed by atoms with Crippen LogP contribution < -0.4 is 5.32 Å². The van der Waals surface area contributed by atoms with Crippen molar-refractivity contribution < 1.29 is 4.92 Å². The van der Waals surface area contributed by atoms with Crippen LogP contribution in [0.25, 0.3) is 0 Å². The van der Waals surface area contributed by atoms with E-state index in [2.05, 4.69) is 5.32 Å². The Kier molecular flexibility index (Phi) is 4.86. The monoisotopic (exact) mass is 335 g/mol. The van der Waals surface area contributed by atoms with Crippen molar-refractivity contribution >= 4 is 34.6 Å². The normalized spacial score (nSPS) is 11.5. The van der Waals surface area contributed by atoms with Crippen molar-refractivity contribution in [3.63, 3.8) is 0 Å². The first-order valence-electron chi connectivity index (χ1n) is 6.32. The molecule has 2 aromatic carbocycles. The molecule has 0 radical (unpaired) electrons. The van der Waals surface area contributed by atoms with E-state index in [0.717, 1.165) is 5.56 Å². The van der Waals surface area contributed by atoms with Crippen molar-refractivity contribution in [3.05, 3.63) is 67.7 Å². The molecule has 0 bridgehead atoms. The molecular formula is C15H11Cl2N3O2. The highest BCUT2D eigenvalue weighted by Gasteiger charge is 2.18. The van der Waals surface area contributed by atoms with Crippen molar-refractivity contribution in [2.24, 2.45) is 0 Å². The van der Waals surface area contributed by atoms with Crippen LogP contribution in [-0.4, -0.2) is 4.92 Å². The van der Waals surface area contributed by atoms with Crippen LogP contribution in [0.5, 0.6) is 0 Å². The van der Waals surface area contributed by atoms with Gasteiger partial charge in [-0.15, -0.1) is 0 Å². The molecule has 0 aliphatic rings. The third-order valence-electron chi connectivity index (χ3n) is 3.12. The van der Waals surface area contributed by atoms with Crippen molar-refractivity contribution in [1.29, 1.82) is 5.26 Å². The number of nitrogens with zero attached hydrogens (tertiary/aromatic N) is 2. The highest BCUT2D eigenvalue weighted by atomic mass is 35.5. The maximum Gasteiger partial charge on any atom is 0.293 e. The fourth-order valence-corrected chi connectivity index (χ4v) is 2.61. The van der Waals surface area contributed by atoms with E-state index >= 15 is 0 Å². The van der Waals surface area contributed by atoms with Crippen LogP contribution >= 0.6 is 23.2 Å². The highest BCUT2D eigenvalue weighted by Crippen LogP contribution is 2.32. The van der Waals surface area contributed by atoms with Crippen molar-refractivity contribution in [2.45, 2.75) is 13.0 Å². The summed E-state index contributed by atoms with van der Waals surface area (Å²) in [6.45, 7) is 1.83. The standard InChI is InChI=1S/C15H11Cl2N3O2/c1-9(12-4-3-11(16)7-13(12)17)19-14-5-2-10(8-18)6-15(14)20(21)22/h2-7,9,19H,1H3. The number of rotatable bonds is 4.